The fourth-order valence-corrected chi connectivity index (χ4v) is 5.23. The number of hydrogen-bond acceptors (Lipinski definition) is 3. The number of aromatic amines is 1. The van der Waals surface area contributed by atoms with E-state index >= 15 is 0 Å². The maximum Gasteiger partial charge on any atom is 0.0923 e. The molecule has 4 nitrogen and oxygen atoms in total. The van der Waals surface area contributed by atoms with E-state index in [9.17, 15) is 5.11 Å². The summed E-state index contributed by atoms with van der Waals surface area (Å²) in [6.07, 6.45) is 3.89. The fourth-order valence-electron chi connectivity index (χ4n) is 5.23. The van der Waals surface area contributed by atoms with Gasteiger partial charge in [-0.05, 0) is 93.9 Å². The summed E-state index contributed by atoms with van der Waals surface area (Å²) < 4.78 is 0. The number of nitrogens with one attached hydrogen (secondary N) is 1. The summed E-state index contributed by atoms with van der Waals surface area (Å²) in [5, 5.41) is 11.7. The lowest BCUT2D eigenvalue weighted by Gasteiger charge is -2.35. The second kappa shape index (κ2) is 8.84. The predicted octanol–water partition coefficient (Wildman–Crippen LogP) is 6.09. The molecule has 2 N–H and O–H groups in total. The number of hydrogen-bond donors (Lipinski definition) is 2. The number of H-pyrrole nitrogens is 1. The molecular weight excluding hydrogens is 394 g/mol. The zero-order valence-corrected chi connectivity index (χ0v) is 20.2. The van der Waals surface area contributed by atoms with Gasteiger partial charge in [0.2, 0.25) is 0 Å². The van der Waals surface area contributed by atoms with Crippen molar-refractivity contribution in [3.63, 3.8) is 0 Å². The van der Waals surface area contributed by atoms with Gasteiger partial charge in [-0.1, -0.05) is 26.0 Å². The normalized spacial score (nSPS) is 17.7. The molecule has 0 radical (unpaired) electrons. The average Bonchev–Trinajstić information content (AvgIpc) is 3.12. The topological polar surface area (TPSA) is 52.1 Å². The third-order valence-corrected chi connectivity index (χ3v) is 6.85. The predicted molar refractivity (Wildman–Crippen MR) is 134 cm³/mol. The van der Waals surface area contributed by atoms with E-state index in [4.69, 9.17) is 0 Å². The lowest BCUT2D eigenvalue weighted by atomic mass is 9.87. The molecule has 1 aliphatic rings. The third-order valence-electron chi connectivity index (χ3n) is 6.85. The third kappa shape index (κ3) is 4.67. The van der Waals surface area contributed by atoms with Crippen LogP contribution in [0.5, 0.6) is 0 Å². The molecule has 170 valence electrons. The Balaban J connectivity index is 1.63. The molecule has 0 saturated carbocycles. The maximum atomic E-state index is 10.3. The molecule has 0 spiro atoms. The highest BCUT2D eigenvalue weighted by Gasteiger charge is 2.26. The van der Waals surface area contributed by atoms with Gasteiger partial charge in [-0.25, -0.2) is 0 Å². The van der Waals surface area contributed by atoms with Crippen molar-refractivity contribution in [2.75, 3.05) is 19.6 Å². The molecule has 1 fully saturated rings. The Morgan fingerprint density at radius 2 is 1.84 bits per heavy atom. The van der Waals surface area contributed by atoms with Crippen molar-refractivity contribution in [1.82, 2.24) is 14.9 Å². The van der Waals surface area contributed by atoms with Gasteiger partial charge < -0.3 is 15.0 Å². The summed E-state index contributed by atoms with van der Waals surface area (Å²) >= 11 is 0. The summed E-state index contributed by atoms with van der Waals surface area (Å²) in [6, 6.07) is 11.3. The van der Waals surface area contributed by atoms with Crippen LogP contribution in [0.3, 0.4) is 0 Å². The number of nitrogens with zero attached hydrogens (tertiary/aromatic N) is 2. The number of pyridine rings is 1. The van der Waals surface area contributed by atoms with E-state index < -0.39 is 5.60 Å². The molecular formula is C28H37N3O. The molecule has 2 aromatic heterocycles. The molecule has 0 aliphatic carbocycles. The Hall–Kier alpha value is -2.43. The fraction of sp³-hybridized carbons (Fsp3) is 0.464. The van der Waals surface area contributed by atoms with E-state index in [1.54, 1.807) is 6.08 Å². The van der Waals surface area contributed by atoms with Crippen molar-refractivity contribution in [3.8, 4) is 11.3 Å². The van der Waals surface area contributed by atoms with Crippen LogP contribution < -0.4 is 0 Å². The lowest BCUT2D eigenvalue weighted by Crippen LogP contribution is -2.43. The summed E-state index contributed by atoms with van der Waals surface area (Å²) in [6.45, 7) is 17.0. The zero-order chi connectivity index (χ0) is 23.0. The summed E-state index contributed by atoms with van der Waals surface area (Å²) in [5.74, 6) is 0.985. The van der Waals surface area contributed by atoms with Crippen LogP contribution in [0.1, 0.15) is 68.0 Å². The Morgan fingerprint density at radius 3 is 2.44 bits per heavy atom. The second-order valence-corrected chi connectivity index (χ2v) is 10.1. The molecule has 0 bridgehead atoms. The van der Waals surface area contributed by atoms with Crippen LogP contribution in [0.15, 0.2) is 43.0 Å². The van der Waals surface area contributed by atoms with Crippen LogP contribution in [0.25, 0.3) is 22.2 Å². The van der Waals surface area contributed by atoms with Gasteiger partial charge in [-0.3, -0.25) is 4.98 Å². The van der Waals surface area contributed by atoms with Gasteiger partial charge in [-0.15, -0.1) is 6.58 Å². The van der Waals surface area contributed by atoms with E-state index in [2.05, 4.69) is 79.5 Å². The number of rotatable bonds is 6. The molecule has 1 unspecified atom stereocenters. The number of piperidine rings is 1. The number of aromatic nitrogens is 2. The van der Waals surface area contributed by atoms with Crippen LogP contribution >= 0.6 is 0 Å². The molecule has 3 heterocycles. The highest BCUT2D eigenvalue weighted by Crippen LogP contribution is 2.38. The molecule has 1 aliphatic heterocycles. The first-order valence-electron chi connectivity index (χ1n) is 11.9. The number of aliphatic hydroxyl groups is 1. The van der Waals surface area contributed by atoms with Gasteiger partial charge >= 0.3 is 0 Å². The summed E-state index contributed by atoms with van der Waals surface area (Å²) in [7, 11) is 0. The minimum absolute atomic E-state index is 0.422. The first-order chi connectivity index (χ1) is 15.2. The van der Waals surface area contributed by atoms with Gasteiger partial charge in [0.1, 0.15) is 0 Å². The minimum atomic E-state index is -0.816. The first-order valence-corrected chi connectivity index (χ1v) is 11.9. The monoisotopic (exact) mass is 431 g/mol. The number of likely N-dealkylation sites (tertiary alicyclic amines) is 1. The van der Waals surface area contributed by atoms with Gasteiger partial charge in [0.15, 0.2) is 0 Å². The quantitative estimate of drug-likeness (QED) is 0.465. The minimum Gasteiger partial charge on any atom is -0.385 e. The van der Waals surface area contributed by atoms with Crippen LogP contribution in [-0.4, -0.2) is 45.2 Å². The average molecular weight is 432 g/mol. The molecule has 4 heteroatoms. The second-order valence-electron chi connectivity index (χ2n) is 10.1. The molecule has 0 amide bonds. The van der Waals surface area contributed by atoms with Crippen molar-refractivity contribution in [1.29, 1.82) is 0 Å². The van der Waals surface area contributed by atoms with E-state index in [-0.39, 0.29) is 0 Å². The molecule has 1 saturated heterocycles. The molecule has 1 aromatic carbocycles. The maximum absolute atomic E-state index is 10.3. The number of aryl methyl sites for hydroxylation is 2. The zero-order valence-electron chi connectivity index (χ0n) is 20.2. The van der Waals surface area contributed by atoms with E-state index in [0.717, 1.165) is 37.3 Å². The van der Waals surface area contributed by atoms with Crippen LogP contribution in [0.2, 0.25) is 0 Å². The SMILES string of the molecule is C=CC(C)(O)CN1CCC(c2ccc3[nH]c(-c4cc(C)nc(C)c4)c(C(C)C)c3c2)CC1. The Bertz CT molecular complexity index is 1100. The standard InChI is InChI=1S/C28H37N3O/c1-7-28(6,32)17-31-12-10-21(11-13-31)22-8-9-25-24(16-22)26(18(2)3)27(30-25)23-14-19(4)29-20(5)15-23/h7-9,14-16,18,21,30,32H,1,10-13,17H2,2-6H3. The van der Waals surface area contributed by atoms with Gasteiger partial charge in [0, 0.05) is 34.4 Å². The largest absolute Gasteiger partial charge is 0.385 e. The highest BCUT2D eigenvalue weighted by molar-refractivity contribution is 5.92. The highest BCUT2D eigenvalue weighted by atomic mass is 16.3. The summed E-state index contributed by atoms with van der Waals surface area (Å²) in [4.78, 5) is 10.6. The van der Waals surface area contributed by atoms with Crippen molar-refractivity contribution >= 4 is 10.9 Å². The van der Waals surface area contributed by atoms with Crippen LogP contribution in [-0.2, 0) is 0 Å². The van der Waals surface area contributed by atoms with E-state index in [0.29, 0.717) is 18.4 Å². The van der Waals surface area contributed by atoms with E-state index in [1.165, 1.54) is 33.3 Å². The van der Waals surface area contributed by atoms with Crippen LogP contribution in [0, 0.1) is 13.8 Å². The van der Waals surface area contributed by atoms with Crippen molar-refractivity contribution in [3.05, 3.63) is 65.5 Å². The summed E-state index contributed by atoms with van der Waals surface area (Å²) in [5.41, 5.74) is 7.77. The van der Waals surface area contributed by atoms with Gasteiger partial charge in [0.25, 0.3) is 0 Å². The van der Waals surface area contributed by atoms with Crippen LogP contribution in [0.4, 0.5) is 0 Å². The molecule has 3 aromatic rings. The Kier molecular flexibility index (Phi) is 6.28. The van der Waals surface area contributed by atoms with Gasteiger partial charge in [0.05, 0.1) is 11.3 Å². The Morgan fingerprint density at radius 1 is 1.19 bits per heavy atom. The molecule has 32 heavy (non-hydrogen) atoms. The number of benzene rings is 1. The molecule has 1 atom stereocenters. The Labute approximate surface area is 192 Å². The van der Waals surface area contributed by atoms with Crippen molar-refractivity contribution in [2.24, 2.45) is 0 Å². The van der Waals surface area contributed by atoms with E-state index in [1.807, 2.05) is 6.92 Å². The lowest BCUT2D eigenvalue weighted by molar-refractivity contribution is 0.0518. The number of fused-ring (bicyclic) bond motifs is 1. The van der Waals surface area contributed by atoms with Crippen molar-refractivity contribution in [2.45, 2.75) is 64.9 Å². The first kappa shape index (κ1) is 22.8. The van der Waals surface area contributed by atoms with Crippen molar-refractivity contribution < 1.29 is 5.11 Å². The molecule has 4 rings (SSSR count). The van der Waals surface area contributed by atoms with Gasteiger partial charge in [-0.2, -0.15) is 0 Å². The smallest absolute Gasteiger partial charge is 0.0923 e. The number of β-amino-alcohol motifs (C(OH)–C–C–N with tert-alkyl or cyclic N) is 1.